The molecule has 0 saturated heterocycles. The van der Waals surface area contributed by atoms with Gasteiger partial charge in [0.25, 0.3) is 5.56 Å². The van der Waals surface area contributed by atoms with Crippen molar-refractivity contribution in [3.63, 3.8) is 0 Å². The number of aryl methyl sites for hydroxylation is 1. The van der Waals surface area contributed by atoms with Gasteiger partial charge < -0.3 is 5.32 Å². The summed E-state index contributed by atoms with van der Waals surface area (Å²) in [6.07, 6.45) is 5.67. The Morgan fingerprint density at radius 2 is 2.12 bits per heavy atom. The van der Waals surface area contributed by atoms with Crippen LogP contribution < -0.4 is 16.4 Å². The van der Waals surface area contributed by atoms with Gasteiger partial charge in [0.1, 0.15) is 11.6 Å². The lowest BCUT2D eigenvalue weighted by atomic mass is 10.1. The van der Waals surface area contributed by atoms with E-state index in [2.05, 4.69) is 15.3 Å². The van der Waals surface area contributed by atoms with Crippen LogP contribution in [0, 0.1) is 6.92 Å². The summed E-state index contributed by atoms with van der Waals surface area (Å²) in [5.74, 6) is 0.599. The maximum Gasteiger partial charge on any atom is 0.255 e. The van der Waals surface area contributed by atoms with Crippen molar-refractivity contribution >= 4 is 34.5 Å². The van der Waals surface area contributed by atoms with Gasteiger partial charge in [-0.05, 0) is 19.8 Å². The highest BCUT2D eigenvalue weighted by Gasteiger charge is 2.08. The molecule has 2 heterocycles. The van der Waals surface area contributed by atoms with Gasteiger partial charge in [-0.2, -0.15) is 0 Å². The molecule has 0 atom stereocenters. The van der Waals surface area contributed by atoms with Crippen LogP contribution in [0.5, 0.6) is 0 Å². The Kier molecular flexibility index (Phi) is 7.42. The fraction of sp³-hybridized carbons (Fsp3) is 0.438. The summed E-state index contributed by atoms with van der Waals surface area (Å²) in [5.41, 5.74) is 1.44. The molecular formula is C16H21N5O4S. The van der Waals surface area contributed by atoms with Crippen molar-refractivity contribution in [1.29, 1.82) is 0 Å². The third-order valence-electron chi connectivity index (χ3n) is 3.73. The topological polar surface area (TPSA) is 126 Å². The minimum absolute atomic E-state index is 0.160. The molecule has 0 fully saturated rings. The molecule has 9 nitrogen and oxygen atoms in total. The zero-order valence-electron chi connectivity index (χ0n) is 14.4. The summed E-state index contributed by atoms with van der Waals surface area (Å²) in [5, 5.41) is 11.8. The van der Waals surface area contributed by atoms with E-state index in [0.29, 0.717) is 41.0 Å². The van der Waals surface area contributed by atoms with Crippen LogP contribution in [0.1, 0.15) is 47.6 Å². The van der Waals surface area contributed by atoms with Crippen LogP contribution >= 0.6 is 11.3 Å². The molecule has 0 aliphatic rings. The predicted molar refractivity (Wildman–Crippen MR) is 97.0 cm³/mol. The van der Waals surface area contributed by atoms with E-state index in [1.54, 1.807) is 17.0 Å². The van der Waals surface area contributed by atoms with Crippen molar-refractivity contribution in [3.05, 3.63) is 33.3 Å². The second-order valence-electron chi connectivity index (χ2n) is 5.69. The number of hydroxylamine groups is 1. The molecule has 0 radical (unpaired) electrons. The zero-order chi connectivity index (χ0) is 18.9. The number of unbranched alkanes of at least 4 members (excludes halogenated alkanes) is 3. The summed E-state index contributed by atoms with van der Waals surface area (Å²) in [6.45, 7) is 2.31. The van der Waals surface area contributed by atoms with Gasteiger partial charge in [0.15, 0.2) is 11.4 Å². The van der Waals surface area contributed by atoms with Gasteiger partial charge in [-0.3, -0.25) is 24.2 Å². The molecule has 2 aromatic rings. The van der Waals surface area contributed by atoms with Crippen LogP contribution in [-0.4, -0.2) is 31.9 Å². The average Bonchev–Trinajstić information content (AvgIpc) is 3.07. The molecule has 0 aromatic carbocycles. The first-order valence-corrected chi connectivity index (χ1v) is 9.04. The molecule has 0 spiro atoms. The predicted octanol–water partition coefficient (Wildman–Crippen LogP) is 2.02. The summed E-state index contributed by atoms with van der Waals surface area (Å²) < 4.78 is 1.60. The van der Waals surface area contributed by atoms with Crippen molar-refractivity contribution in [2.75, 3.05) is 5.32 Å². The number of aromatic nitrogens is 3. The van der Waals surface area contributed by atoms with E-state index < -0.39 is 0 Å². The Hall–Kier alpha value is -2.59. The van der Waals surface area contributed by atoms with E-state index in [1.807, 2.05) is 0 Å². The molecule has 3 N–H and O–H groups in total. The third kappa shape index (κ3) is 5.74. The molecule has 0 unspecified atom stereocenters. The number of anilines is 2. The number of carbonyl (C=O) groups excluding carboxylic acids is 2. The number of carbonyl (C=O) groups is 2. The summed E-state index contributed by atoms with van der Waals surface area (Å²) >= 11 is 1.19. The number of nitrogens with zero attached hydrogens (tertiary/aromatic N) is 3. The SMILES string of the molecule is Cc1nc(Nc2ncc(C=O)s2)cc(=O)n1CCCCCCC(=O)NO. The van der Waals surface area contributed by atoms with Gasteiger partial charge in [0.05, 0.1) is 11.1 Å². The van der Waals surface area contributed by atoms with Crippen LogP contribution in [0.25, 0.3) is 0 Å². The Bertz CT molecular complexity index is 817. The number of hydrogen-bond donors (Lipinski definition) is 3. The van der Waals surface area contributed by atoms with Crippen molar-refractivity contribution in [2.24, 2.45) is 0 Å². The standard InChI is InChI=1S/C16H21N5O4S/c1-11-18-13(19-16-17-9-12(10-22)26-16)8-15(24)21(11)7-5-3-2-4-6-14(23)20-25/h8-10,25H,2-7H2,1H3,(H,17,19)(H,20,23). The van der Waals surface area contributed by atoms with Gasteiger partial charge >= 0.3 is 0 Å². The lowest BCUT2D eigenvalue weighted by Gasteiger charge is -2.11. The highest BCUT2D eigenvalue weighted by Crippen LogP contribution is 2.19. The second kappa shape index (κ2) is 9.78. The van der Waals surface area contributed by atoms with Crippen molar-refractivity contribution in [2.45, 2.75) is 45.6 Å². The molecule has 10 heteroatoms. The quantitative estimate of drug-likeness (QED) is 0.249. The molecule has 2 rings (SSSR count). The van der Waals surface area contributed by atoms with Gasteiger partial charge in [-0.15, -0.1) is 0 Å². The lowest BCUT2D eigenvalue weighted by molar-refractivity contribution is -0.129. The highest BCUT2D eigenvalue weighted by atomic mass is 32.1. The van der Waals surface area contributed by atoms with E-state index in [0.717, 1.165) is 25.5 Å². The Morgan fingerprint density at radius 3 is 2.77 bits per heavy atom. The molecular weight excluding hydrogens is 358 g/mol. The maximum absolute atomic E-state index is 12.3. The summed E-state index contributed by atoms with van der Waals surface area (Å²) in [6, 6.07) is 1.40. The number of aldehydes is 1. The monoisotopic (exact) mass is 379 g/mol. The van der Waals surface area contributed by atoms with E-state index in [1.165, 1.54) is 23.6 Å². The molecule has 2 aromatic heterocycles. The first-order chi connectivity index (χ1) is 12.5. The van der Waals surface area contributed by atoms with Crippen LogP contribution in [0.2, 0.25) is 0 Å². The number of rotatable bonds is 10. The van der Waals surface area contributed by atoms with Crippen molar-refractivity contribution in [3.8, 4) is 0 Å². The Labute approximate surface area is 154 Å². The summed E-state index contributed by atoms with van der Waals surface area (Å²) in [4.78, 5) is 42.8. The maximum atomic E-state index is 12.3. The van der Waals surface area contributed by atoms with Gasteiger partial charge in [0.2, 0.25) is 5.91 Å². The minimum Gasteiger partial charge on any atom is -0.316 e. The second-order valence-corrected chi connectivity index (χ2v) is 6.75. The molecule has 140 valence electrons. The zero-order valence-corrected chi connectivity index (χ0v) is 15.2. The van der Waals surface area contributed by atoms with Crippen molar-refractivity contribution < 1.29 is 14.8 Å². The average molecular weight is 379 g/mol. The molecule has 0 aliphatic carbocycles. The number of amides is 1. The van der Waals surface area contributed by atoms with Crippen LogP contribution in [0.4, 0.5) is 10.9 Å². The van der Waals surface area contributed by atoms with Gasteiger partial charge in [0, 0.05) is 19.0 Å². The normalized spacial score (nSPS) is 10.5. The van der Waals surface area contributed by atoms with E-state index >= 15 is 0 Å². The van der Waals surface area contributed by atoms with E-state index in [-0.39, 0.29) is 11.5 Å². The highest BCUT2D eigenvalue weighted by molar-refractivity contribution is 7.17. The first kappa shape index (κ1) is 19.7. The largest absolute Gasteiger partial charge is 0.316 e. The van der Waals surface area contributed by atoms with Crippen molar-refractivity contribution in [1.82, 2.24) is 20.0 Å². The minimum atomic E-state index is -0.384. The van der Waals surface area contributed by atoms with Gasteiger partial charge in [-0.1, -0.05) is 24.2 Å². The lowest BCUT2D eigenvalue weighted by Crippen LogP contribution is -2.23. The third-order valence-corrected chi connectivity index (χ3v) is 4.57. The Balaban J connectivity index is 1.87. The molecule has 0 aliphatic heterocycles. The van der Waals surface area contributed by atoms with E-state index in [4.69, 9.17) is 5.21 Å². The molecule has 26 heavy (non-hydrogen) atoms. The fourth-order valence-electron chi connectivity index (χ4n) is 2.43. The number of thiazole rings is 1. The first-order valence-electron chi connectivity index (χ1n) is 8.23. The van der Waals surface area contributed by atoms with Gasteiger partial charge in [-0.25, -0.2) is 15.4 Å². The van der Waals surface area contributed by atoms with Crippen LogP contribution in [-0.2, 0) is 11.3 Å². The number of hydrogen-bond acceptors (Lipinski definition) is 8. The molecule has 0 saturated carbocycles. The molecule has 1 amide bonds. The molecule has 0 bridgehead atoms. The number of nitrogens with one attached hydrogen (secondary N) is 2. The smallest absolute Gasteiger partial charge is 0.255 e. The van der Waals surface area contributed by atoms with Crippen LogP contribution in [0.3, 0.4) is 0 Å². The van der Waals surface area contributed by atoms with Crippen LogP contribution in [0.15, 0.2) is 17.1 Å². The Morgan fingerprint density at radius 1 is 1.35 bits per heavy atom. The summed E-state index contributed by atoms with van der Waals surface area (Å²) in [7, 11) is 0. The fourth-order valence-corrected chi connectivity index (χ4v) is 3.07. The van der Waals surface area contributed by atoms with E-state index in [9.17, 15) is 14.4 Å².